The van der Waals surface area contributed by atoms with Gasteiger partial charge in [0.25, 0.3) is 0 Å². The molecule has 0 spiro atoms. The molecule has 19 heavy (non-hydrogen) atoms. The number of nitrogens with zero attached hydrogens (tertiary/aromatic N) is 1. The van der Waals surface area contributed by atoms with Gasteiger partial charge in [-0.25, -0.2) is 8.42 Å². The summed E-state index contributed by atoms with van der Waals surface area (Å²) in [5, 5.41) is 0. The van der Waals surface area contributed by atoms with Crippen molar-refractivity contribution >= 4 is 22.4 Å². The minimum Gasteiger partial charge on any atom is -0.328 e. The third-order valence-corrected chi connectivity index (χ3v) is 5.51. The van der Waals surface area contributed by atoms with Gasteiger partial charge in [0.15, 0.2) is 0 Å². The molecule has 1 aliphatic heterocycles. The lowest BCUT2D eigenvalue weighted by atomic mass is 10.1. The number of benzene rings is 1. The van der Waals surface area contributed by atoms with Gasteiger partial charge in [0.2, 0.25) is 10.0 Å². The fraction of sp³-hybridized carbons (Fsp3) is 0.538. The highest BCUT2D eigenvalue weighted by molar-refractivity contribution is 7.89. The second-order valence-corrected chi connectivity index (χ2v) is 6.93. The Labute approximate surface area is 121 Å². The molecule has 0 aromatic heterocycles. The van der Waals surface area contributed by atoms with E-state index in [1.807, 2.05) is 19.9 Å². The Morgan fingerprint density at radius 3 is 2.26 bits per heavy atom. The lowest BCUT2D eigenvalue weighted by molar-refractivity contribution is 0.320. The van der Waals surface area contributed by atoms with E-state index in [0.29, 0.717) is 18.0 Å². The molecule has 1 saturated heterocycles. The van der Waals surface area contributed by atoms with Gasteiger partial charge in [-0.05, 0) is 49.9 Å². The summed E-state index contributed by atoms with van der Waals surface area (Å²) in [6.07, 6.45) is 1.48. The van der Waals surface area contributed by atoms with Crippen molar-refractivity contribution in [1.82, 2.24) is 4.31 Å². The minimum atomic E-state index is -3.35. The molecule has 0 unspecified atom stereocenters. The minimum absolute atomic E-state index is 0. The van der Waals surface area contributed by atoms with Crippen molar-refractivity contribution in [2.75, 3.05) is 13.1 Å². The summed E-state index contributed by atoms with van der Waals surface area (Å²) in [6, 6.07) is 5.43. The van der Waals surface area contributed by atoms with Crippen LogP contribution in [0.5, 0.6) is 0 Å². The Bertz CT molecular complexity index is 538. The molecule has 0 atom stereocenters. The van der Waals surface area contributed by atoms with Crippen molar-refractivity contribution in [3.05, 3.63) is 29.3 Å². The van der Waals surface area contributed by atoms with Gasteiger partial charge in [-0.15, -0.1) is 12.4 Å². The molecule has 1 heterocycles. The van der Waals surface area contributed by atoms with Gasteiger partial charge >= 0.3 is 0 Å². The van der Waals surface area contributed by atoms with Gasteiger partial charge in [0.1, 0.15) is 0 Å². The van der Waals surface area contributed by atoms with E-state index in [2.05, 4.69) is 0 Å². The Hall–Kier alpha value is -0.620. The Kier molecular flexibility index (Phi) is 5.38. The summed E-state index contributed by atoms with van der Waals surface area (Å²) in [5.74, 6) is 0. The molecule has 108 valence electrons. The Morgan fingerprint density at radius 1 is 1.16 bits per heavy atom. The summed E-state index contributed by atoms with van der Waals surface area (Å²) in [5.41, 5.74) is 7.91. The lowest BCUT2D eigenvalue weighted by Crippen LogP contribution is -2.42. The first-order valence-electron chi connectivity index (χ1n) is 6.24. The number of halogens is 1. The average molecular weight is 305 g/mol. The van der Waals surface area contributed by atoms with Crippen LogP contribution < -0.4 is 5.73 Å². The molecule has 1 aromatic carbocycles. The summed E-state index contributed by atoms with van der Waals surface area (Å²) >= 11 is 0. The molecule has 0 bridgehead atoms. The van der Waals surface area contributed by atoms with Gasteiger partial charge in [-0.2, -0.15) is 4.31 Å². The van der Waals surface area contributed by atoms with E-state index in [1.54, 1.807) is 16.4 Å². The third kappa shape index (κ3) is 3.48. The lowest BCUT2D eigenvalue weighted by Gasteiger charge is -2.29. The second kappa shape index (κ2) is 6.22. The molecule has 2 rings (SSSR count). The van der Waals surface area contributed by atoms with Crippen LogP contribution in [0.2, 0.25) is 0 Å². The molecular formula is C13H21ClN2O2S. The predicted molar refractivity (Wildman–Crippen MR) is 79.1 cm³/mol. The Morgan fingerprint density at radius 2 is 1.74 bits per heavy atom. The SMILES string of the molecule is Cc1ccc(S(=O)(=O)N2CCC(N)CC2)cc1C.Cl. The van der Waals surface area contributed by atoms with Gasteiger partial charge in [-0.1, -0.05) is 6.07 Å². The second-order valence-electron chi connectivity index (χ2n) is 4.99. The quantitative estimate of drug-likeness (QED) is 0.907. The molecule has 0 amide bonds. The smallest absolute Gasteiger partial charge is 0.243 e. The number of piperidine rings is 1. The maximum atomic E-state index is 12.4. The number of aryl methyl sites for hydroxylation is 2. The highest BCUT2D eigenvalue weighted by atomic mass is 35.5. The van der Waals surface area contributed by atoms with Crippen molar-refractivity contribution in [2.24, 2.45) is 5.73 Å². The zero-order valence-corrected chi connectivity index (χ0v) is 12.9. The topological polar surface area (TPSA) is 63.4 Å². The van der Waals surface area contributed by atoms with Crippen LogP contribution in [-0.2, 0) is 10.0 Å². The van der Waals surface area contributed by atoms with Gasteiger partial charge < -0.3 is 5.73 Å². The van der Waals surface area contributed by atoms with Gasteiger partial charge in [-0.3, -0.25) is 0 Å². The van der Waals surface area contributed by atoms with Crippen LogP contribution in [0.25, 0.3) is 0 Å². The standard InChI is InChI=1S/C13H20N2O2S.ClH/c1-10-3-4-13(9-11(10)2)18(16,17)15-7-5-12(14)6-8-15;/h3-4,9,12H,5-8,14H2,1-2H3;1H. The molecule has 6 heteroatoms. The number of hydrogen-bond acceptors (Lipinski definition) is 3. The number of sulfonamides is 1. The molecule has 1 fully saturated rings. The largest absolute Gasteiger partial charge is 0.328 e. The number of hydrogen-bond donors (Lipinski definition) is 1. The van der Waals surface area contributed by atoms with Gasteiger partial charge in [0, 0.05) is 19.1 Å². The maximum absolute atomic E-state index is 12.4. The zero-order valence-electron chi connectivity index (χ0n) is 11.3. The first-order valence-corrected chi connectivity index (χ1v) is 7.68. The Balaban J connectivity index is 0.00000180. The number of rotatable bonds is 2. The van der Waals surface area contributed by atoms with E-state index in [9.17, 15) is 8.42 Å². The maximum Gasteiger partial charge on any atom is 0.243 e. The molecule has 0 aliphatic carbocycles. The fourth-order valence-electron chi connectivity index (χ4n) is 2.14. The van der Waals surface area contributed by atoms with Crippen molar-refractivity contribution in [3.8, 4) is 0 Å². The van der Waals surface area contributed by atoms with Crippen molar-refractivity contribution in [3.63, 3.8) is 0 Å². The van der Waals surface area contributed by atoms with E-state index in [0.717, 1.165) is 24.0 Å². The van der Waals surface area contributed by atoms with Crippen molar-refractivity contribution < 1.29 is 8.42 Å². The van der Waals surface area contributed by atoms with Crippen molar-refractivity contribution in [2.45, 2.75) is 37.6 Å². The molecule has 0 radical (unpaired) electrons. The van der Waals surface area contributed by atoms with E-state index < -0.39 is 10.0 Å². The molecule has 4 nitrogen and oxygen atoms in total. The van der Waals surface area contributed by atoms with E-state index in [1.165, 1.54) is 0 Å². The summed E-state index contributed by atoms with van der Waals surface area (Å²) < 4.78 is 26.4. The molecule has 1 aliphatic rings. The van der Waals surface area contributed by atoms with Crippen LogP contribution in [0.15, 0.2) is 23.1 Å². The van der Waals surface area contributed by atoms with Crippen LogP contribution in [0.4, 0.5) is 0 Å². The highest BCUT2D eigenvalue weighted by Gasteiger charge is 2.28. The van der Waals surface area contributed by atoms with Crippen LogP contribution in [0.1, 0.15) is 24.0 Å². The van der Waals surface area contributed by atoms with Crippen LogP contribution in [0.3, 0.4) is 0 Å². The molecular weight excluding hydrogens is 284 g/mol. The van der Waals surface area contributed by atoms with Crippen molar-refractivity contribution in [1.29, 1.82) is 0 Å². The first kappa shape index (κ1) is 16.4. The van der Waals surface area contributed by atoms with E-state index in [4.69, 9.17) is 5.73 Å². The fourth-order valence-corrected chi connectivity index (χ4v) is 3.69. The molecule has 1 aromatic rings. The zero-order chi connectivity index (χ0) is 13.3. The van der Waals surface area contributed by atoms with Crippen LogP contribution >= 0.6 is 12.4 Å². The third-order valence-electron chi connectivity index (χ3n) is 3.61. The monoisotopic (exact) mass is 304 g/mol. The van der Waals surface area contributed by atoms with Gasteiger partial charge in [0.05, 0.1) is 4.90 Å². The van der Waals surface area contributed by atoms with Crippen LogP contribution in [0, 0.1) is 13.8 Å². The number of nitrogens with two attached hydrogens (primary N) is 1. The molecule has 2 N–H and O–H groups in total. The first-order chi connectivity index (χ1) is 8.41. The van der Waals surface area contributed by atoms with Crippen LogP contribution in [-0.4, -0.2) is 31.9 Å². The van der Waals surface area contributed by atoms with E-state index in [-0.39, 0.29) is 18.4 Å². The van der Waals surface area contributed by atoms with E-state index >= 15 is 0 Å². The summed E-state index contributed by atoms with van der Waals surface area (Å²) in [6.45, 7) is 4.96. The molecule has 0 saturated carbocycles. The normalized spacial score (nSPS) is 18.1. The predicted octanol–water partition coefficient (Wildman–Crippen LogP) is 1.84. The highest BCUT2D eigenvalue weighted by Crippen LogP contribution is 2.22. The summed E-state index contributed by atoms with van der Waals surface area (Å²) in [4.78, 5) is 0.390. The summed E-state index contributed by atoms with van der Waals surface area (Å²) in [7, 11) is -3.35. The average Bonchev–Trinajstić information content (AvgIpc) is 2.33.